The van der Waals surface area contributed by atoms with E-state index in [0.29, 0.717) is 6.42 Å². The zero-order chi connectivity index (χ0) is 11.5. The third kappa shape index (κ3) is 1.93. The van der Waals surface area contributed by atoms with Gasteiger partial charge in [-0.2, -0.15) is 0 Å². The van der Waals surface area contributed by atoms with E-state index in [4.69, 9.17) is 0 Å². The largest absolute Gasteiger partial charge is 0.390 e. The number of rotatable bonds is 1. The highest BCUT2D eigenvalue weighted by Crippen LogP contribution is 2.30. The summed E-state index contributed by atoms with van der Waals surface area (Å²) in [6, 6.07) is 7.40. The monoisotopic (exact) mass is 215 g/mol. The Kier molecular flexibility index (Phi) is 2.93. The Bertz CT molecular complexity index is 470. The maximum absolute atomic E-state index is 11.4. The van der Waals surface area contributed by atoms with Crippen LogP contribution in [0.15, 0.2) is 24.3 Å². The predicted octanol–water partition coefficient (Wildman–Crippen LogP) is 0.784. The molecule has 0 spiro atoms. The fourth-order valence-corrected chi connectivity index (χ4v) is 2.04. The summed E-state index contributed by atoms with van der Waals surface area (Å²) in [7, 11) is 0. The van der Waals surface area contributed by atoms with Crippen molar-refractivity contribution in [1.82, 2.24) is 5.32 Å². The van der Waals surface area contributed by atoms with Crippen LogP contribution in [0.25, 0.3) is 0 Å². The first-order valence-corrected chi connectivity index (χ1v) is 5.21. The summed E-state index contributed by atoms with van der Waals surface area (Å²) in [5.74, 6) is 4.60. The number of carbonyl (C=O) groups excluding carboxylic acids is 1. The minimum Gasteiger partial charge on any atom is -0.390 e. The number of fused-ring (bicyclic) bond motifs is 1. The lowest BCUT2D eigenvalue weighted by molar-refractivity contribution is -0.117. The van der Waals surface area contributed by atoms with Crippen LogP contribution in [-0.2, 0) is 11.2 Å². The highest BCUT2D eigenvalue weighted by Gasteiger charge is 2.31. The zero-order valence-corrected chi connectivity index (χ0v) is 9.03. The van der Waals surface area contributed by atoms with Crippen molar-refractivity contribution in [3.05, 3.63) is 35.4 Å². The molecule has 0 aliphatic heterocycles. The fraction of sp³-hybridized carbons (Fsp3) is 0.308. The maximum Gasteiger partial charge on any atom is 0.296 e. The van der Waals surface area contributed by atoms with E-state index >= 15 is 0 Å². The van der Waals surface area contributed by atoms with Gasteiger partial charge in [0.2, 0.25) is 0 Å². The van der Waals surface area contributed by atoms with Gasteiger partial charge in [-0.3, -0.25) is 4.79 Å². The van der Waals surface area contributed by atoms with Crippen molar-refractivity contribution in [2.75, 3.05) is 0 Å². The summed E-state index contributed by atoms with van der Waals surface area (Å²) in [5, 5.41) is 12.6. The fourth-order valence-electron chi connectivity index (χ4n) is 2.04. The number of amides is 1. The predicted molar refractivity (Wildman–Crippen MR) is 60.5 cm³/mol. The topological polar surface area (TPSA) is 49.3 Å². The van der Waals surface area contributed by atoms with Crippen LogP contribution in [0.4, 0.5) is 0 Å². The summed E-state index contributed by atoms with van der Waals surface area (Å²) >= 11 is 0. The molecule has 16 heavy (non-hydrogen) atoms. The van der Waals surface area contributed by atoms with Crippen LogP contribution >= 0.6 is 0 Å². The standard InChI is InChI=1S/C13H13NO2/c1-2-5-12(16)14-13-10-7-4-3-6-9(10)8-11(13)15/h3-4,6-7,11,13,15H,8H2,1H3,(H,14,16)/t11-,13+/m1/s1. The molecule has 0 fully saturated rings. The Hall–Kier alpha value is -1.79. The van der Waals surface area contributed by atoms with Crippen LogP contribution < -0.4 is 5.32 Å². The summed E-state index contributed by atoms with van der Waals surface area (Å²) < 4.78 is 0. The molecule has 2 atom stereocenters. The number of hydrogen-bond donors (Lipinski definition) is 2. The van der Waals surface area contributed by atoms with Crippen LogP contribution in [0.2, 0.25) is 0 Å². The Morgan fingerprint density at radius 3 is 3.00 bits per heavy atom. The maximum atomic E-state index is 11.4. The van der Waals surface area contributed by atoms with Gasteiger partial charge in [0.25, 0.3) is 5.91 Å². The summed E-state index contributed by atoms with van der Waals surface area (Å²) in [6.45, 7) is 1.61. The van der Waals surface area contributed by atoms with Gasteiger partial charge in [-0.25, -0.2) is 0 Å². The second-order valence-electron chi connectivity index (χ2n) is 3.80. The van der Waals surface area contributed by atoms with Gasteiger partial charge in [-0.05, 0) is 24.0 Å². The molecule has 0 saturated heterocycles. The number of benzene rings is 1. The van der Waals surface area contributed by atoms with Crippen LogP contribution in [0.5, 0.6) is 0 Å². The van der Waals surface area contributed by atoms with Crippen molar-refractivity contribution in [3.8, 4) is 11.8 Å². The molecule has 1 aliphatic rings. The number of aliphatic hydroxyl groups excluding tert-OH is 1. The van der Waals surface area contributed by atoms with Gasteiger partial charge in [0.05, 0.1) is 12.1 Å². The van der Waals surface area contributed by atoms with E-state index in [1.165, 1.54) is 0 Å². The SMILES string of the molecule is CC#CC(=O)N[C@H]1c2ccccc2C[C@H]1O. The van der Waals surface area contributed by atoms with E-state index in [2.05, 4.69) is 17.2 Å². The number of aliphatic hydroxyl groups is 1. The van der Waals surface area contributed by atoms with Crippen molar-refractivity contribution >= 4 is 5.91 Å². The van der Waals surface area contributed by atoms with Gasteiger partial charge in [-0.15, -0.1) is 0 Å². The average Bonchev–Trinajstić information content (AvgIpc) is 2.56. The quantitative estimate of drug-likeness (QED) is 0.680. The molecular formula is C13H13NO2. The minimum atomic E-state index is -0.556. The number of nitrogens with one attached hydrogen (secondary N) is 1. The van der Waals surface area contributed by atoms with E-state index in [1.807, 2.05) is 24.3 Å². The molecule has 0 aromatic heterocycles. The van der Waals surface area contributed by atoms with Gasteiger partial charge in [0.1, 0.15) is 0 Å². The van der Waals surface area contributed by atoms with Gasteiger partial charge in [0, 0.05) is 6.42 Å². The second-order valence-corrected chi connectivity index (χ2v) is 3.80. The van der Waals surface area contributed by atoms with Crippen LogP contribution in [-0.4, -0.2) is 17.1 Å². The number of hydrogen-bond acceptors (Lipinski definition) is 2. The highest BCUT2D eigenvalue weighted by atomic mass is 16.3. The van der Waals surface area contributed by atoms with Gasteiger partial charge in [0.15, 0.2) is 0 Å². The Morgan fingerprint density at radius 1 is 1.50 bits per heavy atom. The number of carbonyl (C=O) groups is 1. The van der Waals surface area contributed by atoms with Gasteiger partial charge >= 0.3 is 0 Å². The van der Waals surface area contributed by atoms with Crippen molar-refractivity contribution in [2.45, 2.75) is 25.5 Å². The second kappa shape index (κ2) is 4.38. The van der Waals surface area contributed by atoms with E-state index in [1.54, 1.807) is 6.92 Å². The molecule has 1 aromatic carbocycles. The lowest BCUT2D eigenvalue weighted by Gasteiger charge is -2.15. The molecule has 0 saturated carbocycles. The van der Waals surface area contributed by atoms with E-state index < -0.39 is 6.10 Å². The summed E-state index contributed by atoms with van der Waals surface area (Å²) in [4.78, 5) is 11.4. The Morgan fingerprint density at radius 2 is 2.25 bits per heavy atom. The molecule has 1 aliphatic carbocycles. The molecular weight excluding hydrogens is 202 g/mol. The first-order chi connectivity index (χ1) is 7.72. The third-order valence-corrected chi connectivity index (χ3v) is 2.73. The molecule has 1 amide bonds. The van der Waals surface area contributed by atoms with Gasteiger partial charge in [-0.1, -0.05) is 30.2 Å². The average molecular weight is 215 g/mol. The van der Waals surface area contributed by atoms with Crippen molar-refractivity contribution < 1.29 is 9.90 Å². The molecule has 0 radical (unpaired) electrons. The molecule has 0 unspecified atom stereocenters. The van der Waals surface area contributed by atoms with E-state index in [9.17, 15) is 9.90 Å². The third-order valence-electron chi connectivity index (χ3n) is 2.73. The molecule has 2 N–H and O–H groups in total. The zero-order valence-electron chi connectivity index (χ0n) is 9.03. The first kappa shape index (κ1) is 10.7. The molecule has 1 aromatic rings. The van der Waals surface area contributed by atoms with Crippen LogP contribution in [0.1, 0.15) is 24.1 Å². The smallest absolute Gasteiger partial charge is 0.296 e. The van der Waals surface area contributed by atoms with Crippen LogP contribution in [0, 0.1) is 11.8 Å². The molecule has 0 bridgehead atoms. The molecule has 3 heteroatoms. The van der Waals surface area contributed by atoms with Crippen molar-refractivity contribution in [2.24, 2.45) is 0 Å². The lowest BCUT2D eigenvalue weighted by atomic mass is 10.1. The van der Waals surface area contributed by atoms with E-state index in [0.717, 1.165) is 11.1 Å². The van der Waals surface area contributed by atoms with E-state index in [-0.39, 0.29) is 11.9 Å². The minimum absolute atomic E-state index is 0.329. The summed E-state index contributed by atoms with van der Waals surface area (Å²) in [6.07, 6.45) is 0.0285. The molecule has 0 heterocycles. The van der Waals surface area contributed by atoms with Crippen molar-refractivity contribution in [1.29, 1.82) is 0 Å². The molecule has 3 nitrogen and oxygen atoms in total. The Balaban J connectivity index is 2.21. The molecule has 82 valence electrons. The molecule has 2 rings (SSSR count). The Labute approximate surface area is 94.5 Å². The van der Waals surface area contributed by atoms with Crippen LogP contribution in [0.3, 0.4) is 0 Å². The first-order valence-electron chi connectivity index (χ1n) is 5.21. The van der Waals surface area contributed by atoms with Crippen molar-refractivity contribution in [3.63, 3.8) is 0 Å². The lowest BCUT2D eigenvalue weighted by Crippen LogP contribution is -2.32. The normalized spacial score (nSPS) is 21.9. The highest BCUT2D eigenvalue weighted by molar-refractivity contribution is 5.93. The van der Waals surface area contributed by atoms with Gasteiger partial charge < -0.3 is 10.4 Å². The summed E-state index contributed by atoms with van der Waals surface area (Å²) in [5.41, 5.74) is 2.08.